The monoisotopic (exact) mass is 355 g/mol. The summed E-state index contributed by atoms with van der Waals surface area (Å²) in [4.78, 5) is 26.4. The fourth-order valence-corrected chi connectivity index (χ4v) is 3.29. The van der Waals surface area contributed by atoms with Crippen molar-refractivity contribution in [2.24, 2.45) is 5.92 Å². The van der Waals surface area contributed by atoms with Gasteiger partial charge in [-0.2, -0.15) is 0 Å². The van der Waals surface area contributed by atoms with Gasteiger partial charge in [0.2, 0.25) is 11.8 Å². The van der Waals surface area contributed by atoms with E-state index < -0.39 is 0 Å². The van der Waals surface area contributed by atoms with Crippen LogP contribution in [0.25, 0.3) is 0 Å². The first-order valence-corrected chi connectivity index (χ1v) is 8.22. The number of amides is 2. The van der Waals surface area contributed by atoms with Crippen LogP contribution in [0.15, 0.2) is 24.3 Å². The van der Waals surface area contributed by atoms with Gasteiger partial charge in [-0.15, -0.1) is 12.4 Å². The van der Waals surface area contributed by atoms with Crippen molar-refractivity contribution < 1.29 is 14.0 Å². The molecule has 3 rings (SSSR count). The van der Waals surface area contributed by atoms with Crippen LogP contribution in [0.5, 0.6) is 0 Å². The molecule has 0 spiro atoms. The maximum absolute atomic E-state index is 13.1. The van der Waals surface area contributed by atoms with Crippen LogP contribution in [0.1, 0.15) is 25.7 Å². The van der Waals surface area contributed by atoms with Gasteiger partial charge in [0.15, 0.2) is 0 Å². The molecule has 0 aromatic heterocycles. The number of carbonyl (C=O) groups is 2. The Morgan fingerprint density at radius 3 is 2.58 bits per heavy atom. The lowest BCUT2D eigenvalue weighted by molar-refractivity contribution is -0.136. The molecule has 0 radical (unpaired) electrons. The number of likely N-dealkylation sites (tertiary alicyclic amines) is 1. The van der Waals surface area contributed by atoms with E-state index in [0.717, 1.165) is 19.4 Å². The lowest BCUT2D eigenvalue weighted by Crippen LogP contribution is -2.48. The quantitative estimate of drug-likeness (QED) is 0.873. The van der Waals surface area contributed by atoms with Gasteiger partial charge in [-0.1, -0.05) is 6.07 Å². The molecule has 0 bridgehead atoms. The molecule has 132 valence electrons. The average Bonchev–Trinajstić information content (AvgIpc) is 3.09. The summed E-state index contributed by atoms with van der Waals surface area (Å²) < 4.78 is 13.1. The molecule has 1 aromatic rings. The molecule has 2 fully saturated rings. The maximum Gasteiger partial charge on any atom is 0.239 e. The van der Waals surface area contributed by atoms with Crippen molar-refractivity contribution in [3.8, 4) is 0 Å². The summed E-state index contributed by atoms with van der Waals surface area (Å²) in [6, 6.07) is 5.85. The molecule has 0 aliphatic carbocycles. The number of halogens is 2. The van der Waals surface area contributed by atoms with Crippen LogP contribution in [0.4, 0.5) is 10.1 Å². The van der Waals surface area contributed by atoms with Crippen molar-refractivity contribution in [1.29, 1.82) is 0 Å². The Labute approximate surface area is 147 Å². The van der Waals surface area contributed by atoms with Crippen molar-refractivity contribution in [3.63, 3.8) is 0 Å². The number of nitrogens with one attached hydrogen (secondary N) is 2. The van der Waals surface area contributed by atoms with E-state index in [2.05, 4.69) is 10.6 Å². The van der Waals surface area contributed by atoms with Crippen LogP contribution >= 0.6 is 12.4 Å². The average molecular weight is 356 g/mol. The van der Waals surface area contributed by atoms with Gasteiger partial charge in [0.25, 0.3) is 0 Å². The zero-order valence-corrected chi connectivity index (χ0v) is 14.3. The van der Waals surface area contributed by atoms with E-state index >= 15 is 0 Å². The molecule has 2 aliphatic heterocycles. The molecule has 2 saturated heterocycles. The predicted octanol–water partition coefficient (Wildman–Crippen LogP) is 2.18. The van der Waals surface area contributed by atoms with Gasteiger partial charge in [-0.05, 0) is 50.4 Å². The molecule has 2 amide bonds. The standard InChI is InChI=1S/C17H22FN3O2.ClH/c18-13-3-1-4-14(11-13)20-16(22)12-6-9-21(10-7-12)17(23)15-5-2-8-19-15;/h1,3-4,11-12,15,19H,2,5-10H2,(H,20,22);1H/t15-;/m0./s1. The fraction of sp³-hybridized carbons (Fsp3) is 0.529. The van der Waals surface area contributed by atoms with Crippen LogP contribution in [-0.4, -0.2) is 42.4 Å². The van der Waals surface area contributed by atoms with Crippen molar-refractivity contribution in [1.82, 2.24) is 10.2 Å². The minimum Gasteiger partial charge on any atom is -0.341 e. The molecule has 5 nitrogen and oxygen atoms in total. The minimum absolute atomic E-state index is 0. The van der Waals surface area contributed by atoms with Crippen LogP contribution < -0.4 is 10.6 Å². The molecule has 24 heavy (non-hydrogen) atoms. The highest BCUT2D eigenvalue weighted by molar-refractivity contribution is 5.92. The van der Waals surface area contributed by atoms with Crippen LogP contribution in [0.3, 0.4) is 0 Å². The Bertz CT molecular complexity index is 585. The number of benzene rings is 1. The van der Waals surface area contributed by atoms with Crippen LogP contribution in [-0.2, 0) is 9.59 Å². The Morgan fingerprint density at radius 2 is 1.96 bits per heavy atom. The molecule has 0 saturated carbocycles. The third-order valence-electron chi connectivity index (χ3n) is 4.63. The minimum atomic E-state index is -0.368. The van der Waals surface area contributed by atoms with E-state index in [-0.39, 0.29) is 42.0 Å². The number of hydrogen-bond acceptors (Lipinski definition) is 3. The number of piperidine rings is 1. The summed E-state index contributed by atoms with van der Waals surface area (Å²) in [5.74, 6) is -0.431. The number of rotatable bonds is 3. The molecule has 1 atom stereocenters. The molecular weight excluding hydrogens is 333 g/mol. The summed E-state index contributed by atoms with van der Waals surface area (Å²) in [6.45, 7) is 2.12. The Hall–Kier alpha value is -1.66. The molecule has 1 aromatic carbocycles. The van der Waals surface area contributed by atoms with E-state index in [0.29, 0.717) is 31.6 Å². The molecule has 2 N–H and O–H groups in total. The summed E-state index contributed by atoms with van der Waals surface area (Å²) >= 11 is 0. The first kappa shape index (κ1) is 18.7. The van der Waals surface area contributed by atoms with E-state index in [1.54, 1.807) is 12.1 Å². The topological polar surface area (TPSA) is 61.4 Å². The van der Waals surface area contributed by atoms with Crippen molar-refractivity contribution in [2.75, 3.05) is 25.0 Å². The highest BCUT2D eigenvalue weighted by Crippen LogP contribution is 2.21. The summed E-state index contributed by atoms with van der Waals surface area (Å²) in [7, 11) is 0. The summed E-state index contributed by atoms with van der Waals surface area (Å²) in [5.41, 5.74) is 0.476. The smallest absolute Gasteiger partial charge is 0.239 e. The zero-order chi connectivity index (χ0) is 16.2. The molecule has 2 heterocycles. The first-order valence-electron chi connectivity index (χ1n) is 8.22. The highest BCUT2D eigenvalue weighted by Gasteiger charge is 2.31. The number of anilines is 1. The molecular formula is C17H23ClFN3O2. The second-order valence-corrected chi connectivity index (χ2v) is 6.25. The van der Waals surface area contributed by atoms with Gasteiger partial charge < -0.3 is 15.5 Å². The second kappa shape index (κ2) is 8.44. The van der Waals surface area contributed by atoms with Crippen LogP contribution in [0.2, 0.25) is 0 Å². The normalized spacial score (nSPS) is 21.2. The van der Waals surface area contributed by atoms with Crippen molar-refractivity contribution in [2.45, 2.75) is 31.7 Å². The zero-order valence-electron chi connectivity index (χ0n) is 13.5. The highest BCUT2D eigenvalue weighted by atomic mass is 35.5. The largest absolute Gasteiger partial charge is 0.341 e. The van der Waals surface area contributed by atoms with Gasteiger partial charge in [0, 0.05) is 24.7 Å². The van der Waals surface area contributed by atoms with Gasteiger partial charge in [0.1, 0.15) is 5.82 Å². The van der Waals surface area contributed by atoms with Crippen molar-refractivity contribution in [3.05, 3.63) is 30.1 Å². The predicted molar refractivity (Wildman–Crippen MR) is 92.6 cm³/mol. The van der Waals surface area contributed by atoms with E-state index in [1.807, 2.05) is 4.90 Å². The van der Waals surface area contributed by atoms with Crippen LogP contribution in [0, 0.1) is 11.7 Å². The molecule has 2 aliphatic rings. The molecule has 7 heteroatoms. The summed E-state index contributed by atoms with van der Waals surface area (Å²) in [6.07, 6.45) is 3.25. The van der Waals surface area contributed by atoms with Gasteiger partial charge in [-0.3, -0.25) is 9.59 Å². The van der Waals surface area contributed by atoms with E-state index in [4.69, 9.17) is 0 Å². The Kier molecular flexibility index (Phi) is 6.57. The number of carbonyl (C=O) groups excluding carboxylic acids is 2. The van der Waals surface area contributed by atoms with Gasteiger partial charge in [0.05, 0.1) is 6.04 Å². The lowest BCUT2D eigenvalue weighted by Gasteiger charge is -2.33. The lowest BCUT2D eigenvalue weighted by atomic mass is 9.95. The number of hydrogen-bond donors (Lipinski definition) is 2. The van der Waals surface area contributed by atoms with Gasteiger partial charge in [-0.25, -0.2) is 4.39 Å². The summed E-state index contributed by atoms with van der Waals surface area (Å²) in [5, 5.41) is 5.98. The third-order valence-corrected chi connectivity index (χ3v) is 4.63. The van der Waals surface area contributed by atoms with Crippen molar-refractivity contribution >= 4 is 29.9 Å². The third kappa shape index (κ3) is 4.45. The Balaban J connectivity index is 0.00000208. The first-order chi connectivity index (χ1) is 11.1. The maximum atomic E-state index is 13.1. The fourth-order valence-electron chi connectivity index (χ4n) is 3.29. The number of nitrogens with zero attached hydrogens (tertiary/aromatic N) is 1. The SMILES string of the molecule is Cl.O=C(Nc1cccc(F)c1)C1CCN(C(=O)[C@@H]2CCCN2)CC1. The Morgan fingerprint density at radius 1 is 1.21 bits per heavy atom. The second-order valence-electron chi connectivity index (χ2n) is 6.25. The van der Waals surface area contributed by atoms with Gasteiger partial charge >= 0.3 is 0 Å². The van der Waals surface area contributed by atoms with E-state index in [9.17, 15) is 14.0 Å². The van der Waals surface area contributed by atoms with E-state index in [1.165, 1.54) is 12.1 Å². The molecule has 0 unspecified atom stereocenters.